The van der Waals surface area contributed by atoms with Crippen LogP contribution in [0, 0.1) is 5.82 Å². The van der Waals surface area contributed by atoms with Crippen molar-refractivity contribution in [3.63, 3.8) is 0 Å². The molecule has 0 bridgehead atoms. The minimum Gasteiger partial charge on any atom is -0.457 e. The van der Waals surface area contributed by atoms with Crippen molar-refractivity contribution in [1.29, 1.82) is 0 Å². The van der Waals surface area contributed by atoms with Crippen LogP contribution in [-0.4, -0.2) is 6.54 Å². The van der Waals surface area contributed by atoms with Crippen molar-refractivity contribution >= 4 is 11.6 Å². The third-order valence-electron chi connectivity index (χ3n) is 2.72. The van der Waals surface area contributed by atoms with Gasteiger partial charge in [0.1, 0.15) is 17.3 Å². The minimum absolute atomic E-state index is 0.308. The number of hydrogen-bond donors (Lipinski definition) is 1. The van der Waals surface area contributed by atoms with Gasteiger partial charge >= 0.3 is 0 Å². The fourth-order valence-corrected chi connectivity index (χ4v) is 2.04. The van der Waals surface area contributed by atoms with Gasteiger partial charge in [-0.3, -0.25) is 0 Å². The Morgan fingerprint density at radius 1 is 1.15 bits per heavy atom. The third kappa shape index (κ3) is 4.51. The van der Waals surface area contributed by atoms with Crippen LogP contribution in [-0.2, 0) is 6.54 Å². The van der Waals surface area contributed by atoms with Gasteiger partial charge in [0.15, 0.2) is 0 Å². The molecule has 0 atom stereocenters. The lowest BCUT2D eigenvalue weighted by atomic mass is 10.2. The molecule has 4 heteroatoms. The van der Waals surface area contributed by atoms with E-state index in [1.807, 2.05) is 6.07 Å². The van der Waals surface area contributed by atoms with Gasteiger partial charge in [-0.15, -0.1) is 0 Å². The Kier molecular flexibility index (Phi) is 5.39. The Morgan fingerprint density at radius 2 is 2.00 bits per heavy atom. The van der Waals surface area contributed by atoms with Crippen LogP contribution < -0.4 is 10.1 Å². The zero-order chi connectivity index (χ0) is 14.4. The number of benzene rings is 2. The number of rotatable bonds is 6. The molecule has 2 aromatic rings. The van der Waals surface area contributed by atoms with Crippen molar-refractivity contribution in [1.82, 2.24) is 5.32 Å². The molecule has 0 spiro atoms. The Balaban J connectivity index is 2.11. The average Bonchev–Trinajstić information content (AvgIpc) is 2.38. The topological polar surface area (TPSA) is 21.3 Å². The van der Waals surface area contributed by atoms with E-state index in [4.69, 9.17) is 16.3 Å². The van der Waals surface area contributed by atoms with Crippen molar-refractivity contribution in [3.05, 3.63) is 58.9 Å². The molecule has 0 radical (unpaired) electrons. The summed E-state index contributed by atoms with van der Waals surface area (Å²) in [5, 5.41) is 3.82. The molecule has 1 N–H and O–H groups in total. The first-order chi connectivity index (χ1) is 9.67. The molecular weight excluding hydrogens is 277 g/mol. The van der Waals surface area contributed by atoms with E-state index in [1.54, 1.807) is 24.3 Å². The maximum absolute atomic E-state index is 13.6. The number of nitrogens with one attached hydrogen (secondary N) is 1. The highest BCUT2D eigenvalue weighted by molar-refractivity contribution is 6.30. The molecule has 0 aliphatic heterocycles. The van der Waals surface area contributed by atoms with E-state index in [0.717, 1.165) is 18.5 Å². The molecule has 20 heavy (non-hydrogen) atoms. The Morgan fingerprint density at radius 3 is 2.75 bits per heavy atom. The van der Waals surface area contributed by atoms with Crippen molar-refractivity contribution in [3.8, 4) is 11.5 Å². The van der Waals surface area contributed by atoms with E-state index >= 15 is 0 Å². The first-order valence-corrected chi connectivity index (χ1v) is 6.99. The van der Waals surface area contributed by atoms with Gasteiger partial charge in [-0.25, -0.2) is 4.39 Å². The fourth-order valence-electron chi connectivity index (χ4n) is 1.86. The van der Waals surface area contributed by atoms with Crippen LogP contribution in [0.5, 0.6) is 11.5 Å². The molecule has 0 unspecified atom stereocenters. The SMILES string of the molecule is CCCNCc1cc(F)cc(Oc2cccc(Cl)c2)c1. The molecule has 0 fully saturated rings. The first-order valence-electron chi connectivity index (χ1n) is 6.61. The molecule has 0 saturated heterocycles. The summed E-state index contributed by atoms with van der Waals surface area (Å²) < 4.78 is 19.2. The van der Waals surface area contributed by atoms with Gasteiger partial charge in [-0.05, 0) is 48.9 Å². The summed E-state index contributed by atoms with van der Waals surface area (Å²) >= 11 is 5.89. The van der Waals surface area contributed by atoms with E-state index in [2.05, 4.69) is 12.2 Å². The van der Waals surface area contributed by atoms with E-state index in [0.29, 0.717) is 23.1 Å². The monoisotopic (exact) mass is 293 g/mol. The second-order valence-electron chi connectivity index (χ2n) is 4.53. The Labute approximate surface area is 123 Å². The molecule has 0 aromatic heterocycles. The van der Waals surface area contributed by atoms with Gasteiger partial charge in [0.2, 0.25) is 0 Å². The van der Waals surface area contributed by atoms with Crippen LogP contribution in [0.1, 0.15) is 18.9 Å². The molecule has 2 nitrogen and oxygen atoms in total. The van der Waals surface area contributed by atoms with Crippen LogP contribution in [0.4, 0.5) is 4.39 Å². The van der Waals surface area contributed by atoms with Crippen molar-refractivity contribution in [2.75, 3.05) is 6.54 Å². The maximum atomic E-state index is 13.6. The lowest BCUT2D eigenvalue weighted by Gasteiger charge is -2.09. The highest BCUT2D eigenvalue weighted by Gasteiger charge is 2.04. The minimum atomic E-state index is -0.308. The first kappa shape index (κ1) is 14.8. The third-order valence-corrected chi connectivity index (χ3v) is 2.95. The number of ether oxygens (including phenoxy) is 1. The number of halogens is 2. The van der Waals surface area contributed by atoms with Gasteiger partial charge in [0.25, 0.3) is 0 Å². The summed E-state index contributed by atoms with van der Waals surface area (Å²) in [4.78, 5) is 0. The summed E-state index contributed by atoms with van der Waals surface area (Å²) in [7, 11) is 0. The second-order valence-corrected chi connectivity index (χ2v) is 4.97. The number of hydrogen-bond acceptors (Lipinski definition) is 2. The maximum Gasteiger partial charge on any atom is 0.130 e. The predicted octanol–water partition coefficient (Wildman–Crippen LogP) is 4.77. The average molecular weight is 294 g/mol. The van der Waals surface area contributed by atoms with Crippen LogP contribution >= 0.6 is 11.6 Å². The summed E-state index contributed by atoms with van der Waals surface area (Å²) in [6, 6.07) is 11.7. The Hall–Kier alpha value is -1.58. The molecular formula is C16H17ClFNO. The zero-order valence-electron chi connectivity index (χ0n) is 11.3. The highest BCUT2D eigenvalue weighted by Crippen LogP contribution is 2.25. The van der Waals surface area contributed by atoms with Crippen LogP contribution in [0.15, 0.2) is 42.5 Å². The molecule has 0 saturated carbocycles. The summed E-state index contributed by atoms with van der Waals surface area (Å²) in [6.07, 6.45) is 1.04. The fraction of sp³-hybridized carbons (Fsp3) is 0.250. The van der Waals surface area contributed by atoms with E-state index in [1.165, 1.54) is 12.1 Å². The lowest BCUT2D eigenvalue weighted by molar-refractivity contribution is 0.475. The molecule has 0 aliphatic carbocycles. The van der Waals surface area contributed by atoms with E-state index in [-0.39, 0.29) is 5.82 Å². The summed E-state index contributed by atoms with van der Waals surface area (Å²) in [6.45, 7) is 3.62. The standard InChI is InChI=1S/C16H17ClFNO/c1-2-6-19-11-12-7-14(18)10-16(8-12)20-15-5-3-4-13(17)9-15/h3-5,7-10,19H,2,6,11H2,1H3. The van der Waals surface area contributed by atoms with E-state index in [9.17, 15) is 4.39 Å². The van der Waals surface area contributed by atoms with E-state index < -0.39 is 0 Å². The smallest absolute Gasteiger partial charge is 0.130 e. The molecule has 0 amide bonds. The predicted molar refractivity (Wildman–Crippen MR) is 79.9 cm³/mol. The van der Waals surface area contributed by atoms with Crippen LogP contribution in [0.2, 0.25) is 5.02 Å². The normalized spacial score (nSPS) is 10.6. The zero-order valence-corrected chi connectivity index (χ0v) is 12.1. The second kappa shape index (κ2) is 7.27. The van der Waals surface area contributed by atoms with Gasteiger partial charge in [0.05, 0.1) is 0 Å². The van der Waals surface area contributed by atoms with Gasteiger partial charge in [-0.1, -0.05) is 24.6 Å². The molecule has 0 heterocycles. The summed E-state index contributed by atoms with van der Waals surface area (Å²) in [5.74, 6) is 0.758. The van der Waals surface area contributed by atoms with Crippen molar-refractivity contribution in [2.45, 2.75) is 19.9 Å². The quantitative estimate of drug-likeness (QED) is 0.775. The highest BCUT2D eigenvalue weighted by atomic mass is 35.5. The van der Waals surface area contributed by atoms with Gasteiger partial charge in [-0.2, -0.15) is 0 Å². The lowest BCUT2D eigenvalue weighted by Crippen LogP contribution is -2.13. The molecule has 2 rings (SSSR count). The molecule has 2 aromatic carbocycles. The molecule has 0 aliphatic rings. The van der Waals surface area contributed by atoms with Crippen molar-refractivity contribution < 1.29 is 9.13 Å². The van der Waals surface area contributed by atoms with Crippen LogP contribution in [0.25, 0.3) is 0 Å². The molecule has 106 valence electrons. The van der Waals surface area contributed by atoms with Gasteiger partial charge < -0.3 is 10.1 Å². The Bertz CT molecular complexity index is 574. The largest absolute Gasteiger partial charge is 0.457 e. The summed E-state index contributed by atoms with van der Waals surface area (Å²) in [5.41, 5.74) is 0.857. The van der Waals surface area contributed by atoms with Gasteiger partial charge in [0, 0.05) is 17.6 Å². The van der Waals surface area contributed by atoms with Crippen molar-refractivity contribution in [2.24, 2.45) is 0 Å². The van der Waals surface area contributed by atoms with Crippen LogP contribution in [0.3, 0.4) is 0 Å².